The number of nitrogens with one attached hydrogen (secondary N) is 1. The van der Waals surface area contributed by atoms with E-state index in [1.165, 1.54) is 11.3 Å². The Morgan fingerprint density at radius 3 is 2.30 bits per heavy atom. The third kappa shape index (κ3) is 4.08. The maximum absolute atomic E-state index is 12.2. The highest BCUT2D eigenvalue weighted by Crippen LogP contribution is 2.31. The van der Waals surface area contributed by atoms with Gasteiger partial charge < -0.3 is 16.0 Å². The lowest BCUT2D eigenvalue weighted by molar-refractivity contribution is -0.130. The lowest BCUT2D eigenvalue weighted by atomic mass is 10.1. The predicted octanol–water partition coefficient (Wildman–Crippen LogP) is 0.566. The molecule has 3 N–H and O–H groups in total. The molecule has 0 atom stereocenters. The first kappa shape index (κ1) is 17.4. The van der Waals surface area contributed by atoms with Crippen molar-refractivity contribution >= 4 is 34.1 Å². The molecule has 2 rings (SSSR count). The molecule has 0 aromatic carbocycles. The van der Waals surface area contributed by atoms with E-state index in [0.29, 0.717) is 36.7 Å². The van der Waals surface area contributed by atoms with Gasteiger partial charge in [0.2, 0.25) is 11.8 Å². The second kappa shape index (κ2) is 7.10. The van der Waals surface area contributed by atoms with Gasteiger partial charge in [0.1, 0.15) is 5.00 Å². The van der Waals surface area contributed by atoms with Gasteiger partial charge >= 0.3 is 0 Å². The quantitative estimate of drug-likeness (QED) is 0.839. The molecule has 8 heteroatoms. The third-order valence-corrected chi connectivity index (χ3v) is 5.19. The van der Waals surface area contributed by atoms with Crippen molar-refractivity contribution in [2.24, 2.45) is 5.73 Å². The molecule has 7 nitrogen and oxygen atoms in total. The van der Waals surface area contributed by atoms with Crippen LogP contribution >= 0.6 is 11.3 Å². The molecule has 0 aliphatic carbocycles. The van der Waals surface area contributed by atoms with Crippen LogP contribution in [0.25, 0.3) is 0 Å². The molecular formula is C15H22N4O3S. The van der Waals surface area contributed by atoms with Crippen LogP contribution in [0.5, 0.6) is 0 Å². The van der Waals surface area contributed by atoms with Crippen LogP contribution in [0.3, 0.4) is 0 Å². The lowest BCUT2D eigenvalue weighted by Crippen LogP contribution is -2.49. The Balaban J connectivity index is 1.95. The van der Waals surface area contributed by atoms with E-state index in [0.717, 1.165) is 10.4 Å². The zero-order chi connectivity index (χ0) is 17.1. The van der Waals surface area contributed by atoms with Crippen molar-refractivity contribution in [3.63, 3.8) is 0 Å². The van der Waals surface area contributed by atoms with Gasteiger partial charge in [0.05, 0.1) is 12.1 Å². The molecule has 3 amide bonds. The number of piperazine rings is 1. The monoisotopic (exact) mass is 338 g/mol. The van der Waals surface area contributed by atoms with Gasteiger partial charge in [-0.2, -0.15) is 0 Å². The maximum atomic E-state index is 12.2. The number of rotatable bonds is 4. The van der Waals surface area contributed by atoms with Crippen LogP contribution < -0.4 is 11.1 Å². The predicted molar refractivity (Wildman–Crippen MR) is 89.6 cm³/mol. The summed E-state index contributed by atoms with van der Waals surface area (Å²) in [4.78, 5) is 39.8. The maximum Gasteiger partial charge on any atom is 0.251 e. The first-order valence-corrected chi connectivity index (χ1v) is 8.28. The highest BCUT2D eigenvalue weighted by molar-refractivity contribution is 7.16. The normalized spacial score (nSPS) is 15.5. The lowest BCUT2D eigenvalue weighted by Gasteiger charge is -2.33. The van der Waals surface area contributed by atoms with Gasteiger partial charge in [-0.25, -0.2) is 0 Å². The summed E-state index contributed by atoms with van der Waals surface area (Å²) in [6.07, 6.45) is 0. The number of carbonyl (C=O) groups is 3. The van der Waals surface area contributed by atoms with Gasteiger partial charge in [-0.1, -0.05) is 0 Å². The van der Waals surface area contributed by atoms with Crippen molar-refractivity contribution in [2.75, 3.05) is 38.0 Å². The van der Waals surface area contributed by atoms with Gasteiger partial charge in [-0.05, 0) is 19.4 Å². The Hall–Kier alpha value is -1.93. The largest absolute Gasteiger partial charge is 0.365 e. The number of carbonyl (C=O) groups excluding carboxylic acids is 3. The fourth-order valence-electron chi connectivity index (χ4n) is 2.60. The Kier molecular flexibility index (Phi) is 5.38. The molecule has 1 aliphatic rings. The minimum absolute atomic E-state index is 0.0599. The molecule has 0 unspecified atom stereocenters. The van der Waals surface area contributed by atoms with Crippen molar-refractivity contribution in [3.8, 4) is 0 Å². The Bertz CT molecular complexity index is 633. The van der Waals surface area contributed by atoms with Gasteiger partial charge in [0.25, 0.3) is 5.91 Å². The number of anilines is 1. The van der Waals surface area contributed by atoms with Crippen molar-refractivity contribution in [1.82, 2.24) is 9.80 Å². The first-order valence-electron chi connectivity index (χ1n) is 7.47. The highest BCUT2D eigenvalue weighted by Gasteiger charge is 2.22. The molecule has 0 saturated carbocycles. The van der Waals surface area contributed by atoms with Crippen LogP contribution in [0.4, 0.5) is 5.00 Å². The van der Waals surface area contributed by atoms with Crippen LogP contribution in [0.1, 0.15) is 27.7 Å². The molecule has 126 valence electrons. The van der Waals surface area contributed by atoms with E-state index in [-0.39, 0.29) is 18.4 Å². The first-order chi connectivity index (χ1) is 10.8. The van der Waals surface area contributed by atoms with E-state index in [2.05, 4.69) is 5.32 Å². The number of primary amides is 1. The summed E-state index contributed by atoms with van der Waals surface area (Å²) < 4.78 is 0. The number of nitrogens with zero attached hydrogens (tertiary/aromatic N) is 2. The summed E-state index contributed by atoms with van der Waals surface area (Å²) >= 11 is 1.36. The average Bonchev–Trinajstić information content (AvgIpc) is 2.74. The van der Waals surface area contributed by atoms with E-state index in [4.69, 9.17) is 5.73 Å². The van der Waals surface area contributed by atoms with Crippen LogP contribution in [-0.2, 0) is 9.59 Å². The minimum atomic E-state index is -0.530. The fourth-order valence-corrected chi connectivity index (χ4v) is 3.68. The van der Waals surface area contributed by atoms with Crippen LogP contribution in [0.15, 0.2) is 0 Å². The second-order valence-electron chi connectivity index (χ2n) is 5.68. The van der Waals surface area contributed by atoms with Crippen molar-refractivity contribution in [1.29, 1.82) is 0 Å². The van der Waals surface area contributed by atoms with Crippen molar-refractivity contribution in [3.05, 3.63) is 16.0 Å². The topological polar surface area (TPSA) is 95.7 Å². The van der Waals surface area contributed by atoms with Crippen molar-refractivity contribution in [2.45, 2.75) is 20.8 Å². The molecule has 1 fully saturated rings. The number of aryl methyl sites for hydroxylation is 1. The van der Waals surface area contributed by atoms with Crippen LogP contribution in [-0.4, -0.2) is 60.2 Å². The average molecular weight is 338 g/mol. The van der Waals surface area contributed by atoms with Gasteiger partial charge in [-0.3, -0.25) is 19.3 Å². The number of nitrogens with two attached hydrogens (primary N) is 1. The highest BCUT2D eigenvalue weighted by atomic mass is 32.1. The Labute approximate surface area is 139 Å². The summed E-state index contributed by atoms with van der Waals surface area (Å²) in [6, 6.07) is 0. The van der Waals surface area contributed by atoms with Crippen LogP contribution in [0, 0.1) is 13.8 Å². The molecule has 1 aromatic heterocycles. The number of amides is 3. The number of hydrogen-bond donors (Lipinski definition) is 2. The minimum Gasteiger partial charge on any atom is -0.365 e. The van der Waals surface area contributed by atoms with E-state index < -0.39 is 5.91 Å². The smallest absolute Gasteiger partial charge is 0.251 e. The summed E-state index contributed by atoms with van der Waals surface area (Å²) in [6.45, 7) is 8.09. The van der Waals surface area contributed by atoms with Crippen LogP contribution in [0.2, 0.25) is 0 Å². The molecule has 0 spiro atoms. The molecular weight excluding hydrogens is 316 g/mol. The van der Waals surface area contributed by atoms with E-state index in [1.807, 2.05) is 18.7 Å². The third-order valence-electron chi connectivity index (χ3n) is 4.07. The summed E-state index contributed by atoms with van der Waals surface area (Å²) in [5.41, 5.74) is 6.60. The molecule has 0 bridgehead atoms. The summed E-state index contributed by atoms with van der Waals surface area (Å²) in [5, 5.41) is 3.31. The van der Waals surface area contributed by atoms with Gasteiger partial charge in [0.15, 0.2) is 0 Å². The fraction of sp³-hybridized carbons (Fsp3) is 0.533. The number of thiophene rings is 1. The zero-order valence-corrected chi connectivity index (χ0v) is 14.5. The molecule has 1 aromatic rings. The van der Waals surface area contributed by atoms with E-state index in [1.54, 1.807) is 11.8 Å². The summed E-state index contributed by atoms with van der Waals surface area (Å²) in [5.74, 6) is -0.646. The molecule has 23 heavy (non-hydrogen) atoms. The van der Waals surface area contributed by atoms with Gasteiger partial charge in [0, 0.05) is 38.0 Å². The number of hydrogen-bond acceptors (Lipinski definition) is 5. The Morgan fingerprint density at radius 2 is 1.78 bits per heavy atom. The zero-order valence-electron chi connectivity index (χ0n) is 13.6. The molecule has 1 aliphatic heterocycles. The second-order valence-corrected chi connectivity index (χ2v) is 6.91. The Morgan fingerprint density at radius 1 is 1.17 bits per heavy atom. The summed E-state index contributed by atoms with van der Waals surface area (Å²) in [7, 11) is 0. The molecule has 0 radical (unpaired) electrons. The van der Waals surface area contributed by atoms with E-state index >= 15 is 0 Å². The molecule has 1 saturated heterocycles. The SMILES string of the molecule is CC(=O)N1CCN(CC(=O)Nc2sc(C)c(C)c2C(N)=O)CC1. The molecule has 2 heterocycles. The van der Waals surface area contributed by atoms with Crippen molar-refractivity contribution < 1.29 is 14.4 Å². The van der Waals surface area contributed by atoms with Gasteiger partial charge in [-0.15, -0.1) is 11.3 Å². The standard InChI is InChI=1S/C15H22N4O3S/c1-9-10(2)23-15(13(9)14(16)22)17-12(21)8-18-4-6-19(7-5-18)11(3)20/h4-8H2,1-3H3,(H2,16,22)(H,17,21). The van der Waals surface area contributed by atoms with E-state index in [9.17, 15) is 14.4 Å².